The summed E-state index contributed by atoms with van der Waals surface area (Å²) in [6, 6.07) is 3.84. The van der Waals surface area contributed by atoms with E-state index in [4.69, 9.17) is 9.47 Å². The number of Topliss-reactive ketones (excluding diaryl/α,β-unsaturated/α-hetero) is 1. The van der Waals surface area contributed by atoms with Gasteiger partial charge in [0.1, 0.15) is 0 Å². The Bertz CT molecular complexity index is 718. The number of likely N-dealkylation sites (N-methyl/N-ethyl adjacent to an activating group) is 1. The molecule has 0 bridgehead atoms. The van der Waals surface area contributed by atoms with Crippen LogP contribution in [0.4, 0.5) is 0 Å². The number of hydrogen-bond donors (Lipinski definition) is 1. The smallest absolute Gasteiger partial charge is 0.174 e. The molecule has 3 unspecified atom stereocenters. The highest BCUT2D eigenvalue weighted by molar-refractivity contribution is 5.89. The van der Waals surface area contributed by atoms with Gasteiger partial charge in [-0.25, -0.2) is 0 Å². The number of ether oxygens (including phenoxy) is 2. The lowest BCUT2D eigenvalue weighted by Crippen LogP contribution is -2.73. The lowest BCUT2D eigenvalue weighted by atomic mass is 9.52. The third kappa shape index (κ3) is 1.64. The standard InChI is InChI=1S/C19H25NO4/c1-11-5-6-14(23-4)16-15(11)18-9-10-20(3)12(2)19(18,22)8-7-13(21)17(18)24-16/h5-6,12,17,22H,7-10H2,1-4H3/t12-,17?,18?,19?/m1/s1. The van der Waals surface area contributed by atoms with Crippen molar-refractivity contribution < 1.29 is 19.4 Å². The first kappa shape index (κ1) is 15.9. The minimum absolute atomic E-state index is 0.0398. The molecule has 0 aromatic heterocycles. The minimum Gasteiger partial charge on any atom is -0.493 e. The molecule has 130 valence electrons. The van der Waals surface area contributed by atoms with Crippen molar-refractivity contribution in [1.29, 1.82) is 0 Å². The number of carbonyl (C=O) groups is 1. The highest BCUT2D eigenvalue weighted by Gasteiger charge is 2.70. The van der Waals surface area contributed by atoms with Crippen molar-refractivity contribution in [3.63, 3.8) is 0 Å². The van der Waals surface area contributed by atoms with Crippen molar-refractivity contribution >= 4 is 5.78 Å². The SMILES string of the molecule is COc1ccc(C)c2c1OC1C(=O)CCC3(O)[C@@H](C)N(C)CCC213. The van der Waals surface area contributed by atoms with Crippen LogP contribution in [-0.2, 0) is 10.2 Å². The fraction of sp³-hybridized carbons (Fsp3) is 0.632. The predicted molar refractivity (Wildman–Crippen MR) is 89.7 cm³/mol. The van der Waals surface area contributed by atoms with Gasteiger partial charge in [-0.05, 0) is 51.9 Å². The zero-order valence-corrected chi connectivity index (χ0v) is 14.8. The number of rotatable bonds is 1. The summed E-state index contributed by atoms with van der Waals surface area (Å²) in [4.78, 5) is 14.9. The molecule has 3 aliphatic rings. The van der Waals surface area contributed by atoms with E-state index < -0.39 is 17.1 Å². The molecule has 2 heterocycles. The molecular formula is C19H25NO4. The average Bonchev–Trinajstić information content (AvgIpc) is 2.93. The molecule has 0 amide bonds. The quantitative estimate of drug-likeness (QED) is 0.851. The predicted octanol–water partition coefficient (Wildman–Crippen LogP) is 1.82. The Morgan fingerprint density at radius 1 is 1.38 bits per heavy atom. The third-order valence-corrected chi connectivity index (χ3v) is 6.71. The van der Waals surface area contributed by atoms with Crippen LogP contribution < -0.4 is 9.47 Å². The van der Waals surface area contributed by atoms with Crippen molar-refractivity contribution in [1.82, 2.24) is 4.90 Å². The number of aryl methyl sites for hydroxylation is 1. The Morgan fingerprint density at radius 2 is 2.12 bits per heavy atom. The number of benzene rings is 1. The molecule has 1 aromatic carbocycles. The first-order valence-electron chi connectivity index (χ1n) is 8.67. The van der Waals surface area contributed by atoms with E-state index in [1.165, 1.54) is 0 Å². The number of likely N-dealkylation sites (tertiary alicyclic amines) is 1. The Hall–Kier alpha value is -1.59. The fourth-order valence-electron chi connectivity index (χ4n) is 5.26. The lowest BCUT2D eigenvalue weighted by Gasteiger charge is -2.58. The number of carbonyl (C=O) groups excluding carboxylic acids is 1. The highest BCUT2D eigenvalue weighted by atomic mass is 16.5. The summed E-state index contributed by atoms with van der Waals surface area (Å²) in [5, 5.41) is 11.8. The number of piperidine rings is 1. The highest BCUT2D eigenvalue weighted by Crippen LogP contribution is 2.61. The number of hydrogen-bond acceptors (Lipinski definition) is 5. The van der Waals surface area contributed by atoms with Crippen molar-refractivity contribution in [2.24, 2.45) is 0 Å². The second-order valence-corrected chi connectivity index (χ2v) is 7.56. The van der Waals surface area contributed by atoms with Crippen LogP contribution in [0.15, 0.2) is 12.1 Å². The summed E-state index contributed by atoms with van der Waals surface area (Å²) in [6.07, 6.45) is 0.934. The zero-order valence-electron chi connectivity index (χ0n) is 14.8. The second kappa shape index (κ2) is 4.96. The van der Waals surface area contributed by atoms with Crippen LogP contribution in [-0.4, -0.2) is 54.2 Å². The third-order valence-electron chi connectivity index (χ3n) is 6.71. The molecule has 1 saturated carbocycles. The lowest BCUT2D eigenvalue weighted by molar-refractivity contribution is -0.178. The summed E-state index contributed by atoms with van der Waals surface area (Å²) in [5.41, 5.74) is 0.365. The van der Waals surface area contributed by atoms with Crippen LogP contribution in [0.3, 0.4) is 0 Å². The molecule has 4 atom stereocenters. The molecule has 1 spiro atoms. The van der Waals surface area contributed by atoms with Gasteiger partial charge in [0.05, 0.1) is 18.1 Å². The molecule has 1 N–H and O–H groups in total. The number of nitrogens with zero attached hydrogens (tertiary/aromatic N) is 1. The topological polar surface area (TPSA) is 59.0 Å². The van der Waals surface area contributed by atoms with E-state index in [9.17, 15) is 9.90 Å². The van der Waals surface area contributed by atoms with Crippen LogP contribution in [0.5, 0.6) is 11.5 Å². The Balaban J connectivity index is 2.02. The molecule has 2 aliphatic heterocycles. The number of ketones is 1. The van der Waals surface area contributed by atoms with Crippen molar-refractivity contribution in [3.8, 4) is 11.5 Å². The van der Waals surface area contributed by atoms with E-state index in [-0.39, 0.29) is 11.8 Å². The van der Waals surface area contributed by atoms with Gasteiger partial charge in [0.25, 0.3) is 0 Å². The Morgan fingerprint density at radius 3 is 2.83 bits per heavy atom. The summed E-state index contributed by atoms with van der Waals surface area (Å²) in [5.74, 6) is 1.38. The minimum atomic E-state index is -0.985. The second-order valence-electron chi connectivity index (χ2n) is 7.56. The van der Waals surface area contributed by atoms with Crippen molar-refractivity contribution in [2.75, 3.05) is 20.7 Å². The van der Waals surface area contributed by atoms with E-state index in [1.807, 2.05) is 26.1 Å². The molecular weight excluding hydrogens is 306 g/mol. The fourth-order valence-corrected chi connectivity index (χ4v) is 5.26. The van der Waals surface area contributed by atoms with Gasteiger partial charge in [0, 0.05) is 18.0 Å². The van der Waals surface area contributed by atoms with Crippen LogP contribution in [0.25, 0.3) is 0 Å². The monoisotopic (exact) mass is 331 g/mol. The average molecular weight is 331 g/mol. The number of fused-ring (bicyclic) bond motifs is 1. The molecule has 4 rings (SSSR count). The molecule has 1 aromatic rings. The molecule has 1 saturated heterocycles. The largest absolute Gasteiger partial charge is 0.493 e. The number of methoxy groups -OCH3 is 1. The summed E-state index contributed by atoms with van der Waals surface area (Å²) in [7, 11) is 3.65. The summed E-state index contributed by atoms with van der Waals surface area (Å²) < 4.78 is 11.7. The maximum atomic E-state index is 12.7. The van der Waals surface area contributed by atoms with Gasteiger partial charge >= 0.3 is 0 Å². The van der Waals surface area contributed by atoms with Gasteiger partial charge in [0.15, 0.2) is 23.4 Å². The van der Waals surface area contributed by atoms with Crippen LogP contribution in [0.2, 0.25) is 0 Å². The molecule has 2 fully saturated rings. The van der Waals surface area contributed by atoms with Gasteiger partial charge in [-0.3, -0.25) is 4.79 Å². The molecule has 1 aliphatic carbocycles. The Kier molecular flexibility index (Phi) is 3.29. The normalized spacial score (nSPS) is 38.1. The van der Waals surface area contributed by atoms with E-state index in [0.717, 1.165) is 17.7 Å². The first-order valence-corrected chi connectivity index (χ1v) is 8.67. The first-order chi connectivity index (χ1) is 11.4. The maximum absolute atomic E-state index is 12.7. The van der Waals surface area contributed by atoms with Gasteiger partial charge in [-0.15, -0.1) is 0 Å². The summed E-state index contributed by atoms with van der Waals surface area (Å²) >= 11 is 0. The number of aliphatic hydroxyl groups is 1. The molecule has 0 radical (unpaired) electrons. The van der Waals surface area contributed by atoms with E-state index in [2.05, 4.69) is 11.8 Å². The van der Waals surface area contributed by atoms with Crippen molar-refractivity contribution in [3.05, 3.63) is 23.3 Å². The van der Waals surface area contributed by atoms with Gasteiger partial charge in [0.2, 0.25) is 0 Å². The van der Waals surface area contributed by atoms with E-state index in [1.54, 1.807) is 7.11 Å². The molecule has 5 heteroatoms. The van der Waals surface area contributed by atoms with Crippen LogP contribution in [0, 0.1) is 6.92 Å². The van der Waals surface area contributed by atoms with Crippen LogP contribution in [0.1, 0.15) is 37.3 Å². The van der Waals surface area contributed by atoms with Crippen LogP contribution >= 0.6 is 0 Å². The molecule has 24 heavy (non-hydrogen) atoms. The van der Waals surface area contributed by atoms with Gasteiger partial charge in [-0.2, -0.15) is 0 Å². The zero-order chi connectivity index (χ0) is 17.3. The van der Waals surface area contributed by atoms with E-state index >= 15 is 0 Å². The molecule has 5 nitrogen and oxygen atoms in total. The van der Waals surface area contributed by atoms with Gasteiger partial charge < -0.3 is 19.5 Å². The maximum Gasteiger partial charge on any atom is 0.174 e. The van der Waals surface area contributed by atoms with Crippen molar-refractivity contribution in [2.45, 2.75) is 56.3 Å². The Labute approximate surface area is 142 Å². The van der Waals surface area contributed by atoms with Gasteiger partial charge in [-0.1, -0.05) is 6.07 Å². The van der Waals surface area contributed by atoms with E-state index in [0.29, 0.717) is 30.8 Å². The summed E-state index contributed by atoms with van der Waals surface area (Å²) in [6.45, 7) is 4.91.